The average Bonchev–Trinajstić information content (AvgIpc) is 2.01. The van der Waals surface area contributed by atoms with Gasteiger partial charge in [0.15, 0.2) is 0 Å². The minimum absolute atomic E-state index is 0.355. The normalized spacial score (nSPS) is 27.3. The van der Waals surface area contributed by atoms with Crippen LogP contribution in [0.2, 0.25) is 0 Å². The van der Waals surface area contributed by atoms with Crippen molar-refractivity contribution in [2.75, 3.05) is 0 Å². The number of aliphatic hydroxyl groups is 1. The Kier molecular flexibility index (Phi) is 3.10. The van der Waals surface area contributed by atoms with Gasteiger partial charge in [-0.1, -0.05) is 5.92 Å². The minimum atomic E-state index is -0.500. The number of hydrogen-bond donors (Lipinski definition) is 1. The van der Waals surface area contributed by atoms with Crippen molar-refractivity contribution in [1.29, 1.82) is 0 Å². The minimum Gasteiger partial charge on any atom is -0.458 e. The second-order valence-electron chi connectivity index (χ2n) is 3.08. The molecule has 0 bridgehead atoms. The fourth-order valence-corrected chi connectivity index (χ4v) is 1.37. The Bertz CT molecular complexity index is 272. The van der Waals surface area contributed by atoms with Crippen LogP contribution >= 0.6 is 0 Å². The molecule has 0 unspecified atom stereocenters. The van der Waals surface area contributed by atoms with Crippen molar-refractivity contribution < 1.29 is 14.6 Å². The third-order valence-electron chi connectivity index (χ3n) is 1.85. The Morgan fingerprint density at radius 1 is 1.85 bits per heavy atom. The Hall–Kier alpha value is -1.27. The van der Waals surface area contributed by atoms with E-state index in [1.807, 2.05) is 0 Å². The molecular formula is C10H12O3. The third-order valence-corrected chi connectivity index (χ3v) is 1.85. The van der Waals surface area contributed by atoms with E-state index in [1.54, 1.807) is 6.08 Å². The number of terminal acetylenes is 1. The standard InChI is InChI=1S/C10H12O3/c1-3-8-4-9(12)6-10(5-8)13-7(2)11/h1,5,9-10,12H,4,6H2,2H3/t9-,10-/m0/s1. The lowest BCUT2D eigenvalue weighted by molar-refractivity contribution is -0.145. The Balaban J connectivity index is 2.66. The van der Waals surface area contributed by atoms with Crippen LogP contribution < -0.4 is 0 Å². The molecule has 1 N–H and O–H groups in total. The maximum Gasteiger partial charge on any atom is 0.303 e. The highest BCUT2D eigenvalue weighted by molar-refractivity contribution is 5.66. The summed E-state index contributed by atoms with van der Waals surface area (Å²) in [6.45, 7) is 1.34. The van der Waals surface area contributed by atoms with Crippen LogP contribution in [0.1, 0.15) is 19.8 Å². The molecule has 70 valence electrons. The smallest absolute Gasteiger partial charge is 0.303 e. The summed E-state index contributed by atoms with van der Waals surface area (Å²) in [6, 6.07) is 0. The molecule has 0 heterocycles. The van der Waals surface area contributed by atoms with E-state index >= 15 is 0 Å². The summed E-state index contributed by atoms with van der Waals surface area (Å²) in [7, 11) is 0. The van der Waals surface area contributed by atoms with Crippen LogP contribution in [0.3, 0.4) is 0 Å². The highest BCUT2D eigenvalue weighted by Gasteiger charge is 2.21. The fraction of sp³-hybridized carbons (Fsp3) is 0.500. The van der Waals surface area contributed by atoms with Gasteiger partial charge in [-0.05, 0) is 6.08 Å². The molecular weight excluding hydrogens is 168 g/mol. The summed E-state index contributed by atoms with van der Waals surface area (Å²) in [5.74, 6) is 2.09. The van der Waals surface area contributed by atoms with Crippen molar-refractivity contribution in [2.24, 2.45) is 0 Å². The summed E-state index contributed by atoms with van der Waals surface area (Å²) in [4.78, 5) is 10.6. The van der Waals surface area contributed by atoms with Gasteiger partial charge < -0.3 is 9.84 Å². The van der Waals surface area contributed by atoms with E-state index in [2.05, 4.69) is 5.92 Å². The van der Waals surface area contributed by atoms with Crippen LogP contribution in [-0.4, -0.2) is 23.3 Å². The summed E-state index contributed by atoms with van der Waals surface area (Å²) in [5.41, 5.74) is 0.699. The number of hydrogen-bond acceptors (Lipinski definition) is 3. The molecule has 0 aromatic carbocycles. The molecule has 0 radical (unpaired) electrons. The molecule has 3 nitrogen and oxygen atoms in total. The first-order valence-electron chi connectivity index (χ1n) is 4.14. The Morgan fingerprint density at radius 3 is 3.08 bits per heavy atom. The second kappa shape index (κ2) is 4.11. The fourth-order valence-electron chi connectivity index (χ4n) is 1.37. The number of ether oxygens (including phenoxy) is 1. The first-order valence-corrected chi connectivity index (χ1v) is 4.14. The van der Waals surface area contributed by atoms with Crippen LogP contribution in [0.15, 0.2) is 11.6 Å². The zero-order valence-corrected chi connectivity index (χ0v) is 7.49. The molecule has 0 saturated carbocycles. The van der Waals surface area contributed by atoms with Crippen molar-refractivity contribution in [3.63, 3.8) is 0 Å². The molecule has 1 aliphatic rings. The zero-order chi connectivity index (χ0) is 9.84. The van der Waals surface area contributed by atoms with Gasteiger partial charge in [0.1, 0.15) is 6.10 Å². The molecule has 0 spiro atoms. The Labute approximate surface area is 77.4 Å². The quantitative estimate of drug-likeness (QED) is 0.475. The SMILES string of the molecule is C#CC1=C[C@H](OC(C)=O)C[C@@H](O)C1. The van der Waals surface area contributed by atoms with Gasteiger partial charge in [-0.2, -0.15) is 0 Å². The first kappa shape index (κ1) is 9.82. The number of carbonyl (C=O) groups excluding carboxylic acids is 1. The van der Waals surface area contributed by atoms with Crippen molar-refractivity contribution in [1.82, 2.24) is 0 Å². The first-order chi connectivity index (χ1) is 6.11. The third kappa shape index (κ3) is 2.92. The van der Waals surface area contributed by atoms with E-state index in [4.69, 9.17) is 11.2 Å². The number of carbonyl (C=O) groups is 1. The molecule has 2 atom stereocenters. The summed E-state index contributed by atoms with van der Waals surface area (Å²) in [5, 5.41) is 9.37. The lowest BCUT2D eigenvalue weighted by atomic mass is 9.95. The molecule has 1 aliphatic carbocycles. The monoisotopic (exact) mass is 180 g/mol. The molecule has 0 aliphatic heterocycles. The van der Waals surface area contributed by atoms with E-state index in [-0.39, 0.29) is 12.1 Å². The van der Waals surface area contributed by atoms with Crippen LogP contribution in [-0.2, 0) is 9.53 Å². The van der Waals surface area contributed by atoms with E-state index in [1.165, 1.54) is 6.92 Å². The van der Waals surface area contributed by atoms with Crippen molar-refractivity contribution in [3.8, 4) is 12.3 Å². The summed E-state index contributed by atoms with van der Waals surface area (Å²) >= 11 is 0. The predicted octanol–water partition coefficient (Wildman–Crippen LogP) is 0.632. The lowest BCUT2D eigenvalue weighted by Gasteiger charge is -2.22. The number of aliphatic hydroxyl groups excluding tert-OH is 1. The van der Waals surface area contributed by atoms with E-state index in [9.17, 15) is 9.90 Å². The molecule has 1 rings (SSSR count). The summed E-state index contributed by atoms with van der Waals surface area (Å²) < 4.78 is 4.92. The molecule has 13 heavy (non-hydrogen) atoms. The van der Waals surface area contributed by atoms with Crippen molar-refractivity contribution in [2.45, 2.75) is 32.0 Å². The van der Waals surface area contributed by atoms with Gasteiger partial charge in [0, 0.05) is 25.3 Å². The molecule has 0 fully saturated rings. The van der Waals surface area contributed by atoms with E-state index < -0.39 is 6.10 Å². The topological polar surface area (TPSA) is 46.5 Å². The number of rotatable bonds is 1. The van der Waals surface area contributed by atoms with Gasteiger partial charge in [-0.15, -0.1) is 6.42 Å². The van der Waals surface area contributed by atoms with Gasteiger partial charge in [-0.3, -0.25) is 4.79 Å². The maximum absolute atomic E-state index is 10.6. The average molecular weight is 180 g/mol. The van der Waals surface area contributed by atoms with Gasteiger partial charge in [0.25, 0.3) is 0 Å². The van der Waals surface area contributed by atoms with Gasteiger partial charge in [-0.25, -0.2) is 0 Å². The second-order valence-corrected chi connectivity index (χ2v) is 3.08. The van der Waals surface area contributed by atoms with Gasteiger partial charge in [0.2, 0.25) is 0 Å². The van der Waals surface area contributed by atoms with Crippen LogP contribution in [0.4, 0.5) is 0 Å². The van der Waals surface area contributed by atoms with Crippen molar-refractivity contribution in [3.05, 3.63) is 11.6 Å². The van der Waals surface area contributed by atoms with E-state index in [0.717, 1.165) is 0 Å². The zero-order valence-electron chi connectivity index (χ0n) is 7.49. The highest BCUT2D eigenvalue weighted by atomic mass is 16.5. The highest BCUT2D eigenvalue weighted by Crippen LogP contribution is 2.20. The molecule has 0 amide bonds. The summed E-state index contributed by atoms with van der Waals surface area (Å²) in [6.07, 6.45) is 6.95. The van der Waals surface area contributed by atoms with E-state index in [0.29, 0.717) is 18.4 Å². The van der Waals surface area contributed by atoms with Crippen molar-refractivity contribution >= 4 is 5.97 Å². The van der Waals surface area contributed by atoms with Gasteiger partial charge in [0.05, 0.1) is 6.10 Å². The predicted molar refractivity (Wildman–Crippen MR) is 47.7 cm³/mol. The molecule has 0 saturated heterocycles. The van der Waals surface area contributed by atoms with Gasteiger partial charge >= 0.3 is 5.97 Å². The number of esters is 1. The Morgan fingerprint density at radius 2 is 2.54 bits per heavy atom. The molecule has 0 aromatic rings. The van der Waals surface area contributed by atoms with Crippen LogP contribution in [0.5, 0.6) is 0 Å². The maximum atomic E-state index is 10.6. The largest absolute Gasteiger partial charge is 0.458 e. The molecule has 3 heteroatoms. The molecule has 0 aromatic heterocycles. The van der Waals surface area contributed by atoms with Crippen LogP contribution in [0, 0.1) is 12.3 Å². The lowest BCUT2D eigenvalue weighted by Crippen LogP contribution is -2.25. The van der Waals surface area contributed by atoms with Crippen LogP contribution in [0.25, 0.3) is 0 Å².